The molecule has 0 spiro atoms. The molecule has 1 heterocycles. The lowest BCUT2D eigenvalue weighted by Crippen LogP contribution is -1.94. The molecule has 5 heteroatoms. The Labute approximate surface area is 157 Å². The number of rotatable bonds is 7. The van der Waals surface area contributed by atoms with Crippen molar-refractivity contribution in [2.75, 3.05) is 7.11 Å². The molecular weight excluding hydrogens is 342 g/mol. The molecule has 0 saturated heterocycles. The molecule has 0 N–H and O–H groups in total. The number of furan rings is 1. The van der Waals surface area contributed by atoms with E-state index in [4.69, 9.17) is 19.2 Å². The van der Waals surface area contributed by atoms with Gasteiger partial charge >= 0.3 is 0 Å². The van der Waals surface area contributed by atoms with Gasteiger partial charge in [-0.25, -0.2) is 0 Å². The predicted octanol–water partition coefficient (Wildman–Crippen LogP) is 4.63. The quantitative estimate of drug-likeness (QED) is 0.454. The highest BCUT2D eigenvalue weighted by atomic mass is 16.5. The third-order valence-electron chi connectivity index (χ3n) is 3.80. The summed E-state index contributed by atoms with van der Waals surface area (Å²) in [5, 5.41) is 8.79. The van der Waals surface area contributed by atoms with Crippen molar-refractivity contribution in [3.05, 3.63) is 89.4 Å². The summed E-state index contributed by atoms with van der Waals surface area (Å²) < 4.78 is 16.4. The minimum Gasteiger partial charge on any atom is -0.497 e. The van der Waals surface area contributed by atoms with E-state index in [-0.39, 0.29) is 12.4 Å². The van der Waals surface area contributed by atoms with Crippen LogP contribution in [0.2, 0.25) is 0 Å². The first-order valence-corrected chi connectivity index (χ1v) is 8.26. The van der Waals surface area contributed by atoms with Crippen LogP contribution >= 0.6 is 0 Å². The lowest BCUT2D eigenvalue weighted by Gasteiger charge is -2.03. The summed E-state index contributed by atoms with van der Waals surface area (Å²) in [6.45, 7) is 0.254. The molecule has 3 rings (SSSR count). The van der Waals surface area contributed by atoms with Crippen molar-refractivity contribution >= 4 is 11.9 Å². The Hall–Kier alpha value is -3.78. The Bertz CT molecular complexity index is 994. The summed E-state index contributed by atoms with van der Waals surface area (Å²) in [5.74, 6) is 2.34. The molecule has 2 aromatic carbocycles. The number of hydrogen-bond acceptors (Lipinski definition) is 5. The van der Waals surface area contributed by atoms with E-state index < -0.39 is 0 Å². The lowest BCUT2D eigenvalue weighted by molar-refractivity contribution is 0.104. The maximum atomic E-state index is 12.2. The number of methoxy groups -OCH3 is 1. The molecule has 1 aromatic heterocycles. The average Bonchev–Trinajstić information content (AvgIpc) is 3.18. The van der Waals surface area contributed by atoms with E-state index >= 15 is 0 Å². The molecule has 0 amide bonds. The van der Waals surface area contributed by atoms with Crippen LogP contribution in [0.3, 0.4) is 0 Å². The normalized spacial score (nSPS) is 10.5. The highest BCUT2D eigenvalue weighted by Gasteiger charge is 2.05. The Morgan fingerprint density at radius 1 is 1.11 bits per heavy atom. The van der Waals surface area contributed by atoms with Crippen molar-refractivity contribution in [1.82, 2.24) is 0 Å². The van der Waals surface area contributed by atoms with Gasteiger partial charge in [0.2, 0.25) is 0 Å². The third kappa shape index (κ3) is 4.86. The zero-order valence-corrected chi connectivity index (χ0v) is 14.7. The van der Waals surface area contributed by atoms with Gasteiger partial charge in [-0.3, -0.25) is 4.79 Å². The van der Waals surface area contributed by atoms with Gasteiger partial charge in [0.1, 0.15) is 29.6 Å². The van der Waals surface area contributed by atoms with E-state index in [9.17, 15) is 4.79 Å². The van der Waals surface area contributed by atoms with Crippen molar-refractivity contribution in [2.24, 2.45) is 0 Å². The van der Waals surface area contributed by atoms with Gasteiger partial charge in [0.05, 0.1) is 18.7 Å². The van der Waals surface area contributed by atoms with Crippen molar-refractivity contribution in [3.8, 4) is 17.6 Å². The summed E-state index contributed by atoms with van der Waals surface area (Å²) in [6, 6.07) is 19.4. The second-order valence-corrected chi connectivity index (χ2v) is 5.66. The Balaban J connectivity index is 1.59. The molecule has 0 aliphatic rings. The van der Waals surface area contributed by atoms with Gasteiger partial charge in [-0.1, -0.05) is 12.1 Å². The first kappa shape index (κ1) is 18.0. The van der Waals surface area contributed by atoms with Crippen LogP contribution in [0.5, 0.6) is 11.5 Å². The Kier molecular flexibility index (Phi) is 5.70. The summed E-state index contributed by atoms with van der Waals surface area (Å²) in [5.41, 5.74) is 1.12. The number of nitriles is 1. The number of carbonyl (C=O) groups is 1. The largest absolute Gasteiger partial charge is 0.497 e. The molecule has 3 aromatic rings. The van der Waals surface area contributed by atoms with Crippen molar-refractivity contribution in [3.63, 3.8) is 0 Å². The van der Waals surface area contributed by atoms with Gasteiger partial charge in [0, 0.05) is 5.56 Å². The first-order valence-electron chi connectivity index (χ1n) is 8.26. The van der Waals surface area contributed by atoms with Crippen LogP contribution in [0.15, 0.2) is 71.2 Å². The van der Waals surface area contributed by atoms with Gasteiger partial charge < -0.3 is 13.9 Å². The van der Waals surface area contributed by atoms with Crippen LogP contribution in [0, 0.1) is 11.3 Å². The zero-order chi connectivity index (χ0) is 19.1. The second-order valence-electron chi connectivity index (χ2n) is 5.66. The van der Waals surface area contributed by atoms with Crippen LogP contribution < -0.4 is 9.47 Å². The first-order chi connectivity index (χ1) is 13.2. The molecule has 0 unspecified atom stereocenters. The molecule has 0 bridgehead atoms. The van der Waals surface area contributed by atoms with Crippen molar-refractivity contribution in [1.29, 1.82) is 5.26 Å². The van der Waals surface area contributed by atoms with Gasteiger partial charge in [0.15, 0.2) is 5.78 Å². The molecule has 0 aliphatic heterocycles. The summed E-state index contributed by atoms with van der Waals surface area (Å²) in [6.07, 6.45) is 3.08. The third-order valence-corrected chi connectivity index (χ3v) is 3.80. The van der Waals surface area contributed by atoms with Crippen LogP contribution in [0.4, 0.5) is 0 Å². The molecule has 0 aliphatic carbocycles. The number of ether oxygens (including phenoxy) is 2. The topological polar surface area (TPSA) is 72.5 Å². The predicted molar refractivity (Wildman–Crippen MR) is 101 cm³/mol. The number of allylic oxidation sites excluding steroid dienone is 1. The maximum absolute atomic E-state index is 12.2. The van der Waals surface area contributed by atoms with E-state index in [0.29, 0.717) is 34.1 Å². The highest BCUT2D eigenvalue weighted by molar-refractivity contribution is 6.06. The minimum absolute atomic E-state index is 0.138. The van der Waals surface area contributed by atoms with Crippen molar-refractivity contribution < 1.29 is 18.7 Å². The molecule has 0 radical (unpaired) electrons. The van der Waals surface area contributed by atoms with Gasteiger partial charge in [-0.15, -0.1) is 0 Å². The Morgan fingerprint density at radius 2 is 1.93 bits per heavy atom. The molecule has 134 valence electrons. The smallest absolute Gasteiger partial charge is 0.186 e. The zero-order valence-electron chi connectivity index (χ0n) is 14.7. The molecule has 0 atom stereocenters. The van der Waals surface area contributed by atoms with Crippen LogP contribution in [0.1, 0.15) is 27.4 Å². The molecular formula is C22H17NO4. The number of ketones is 1. The number of hydrogen-bond donors (Lipinski definition) is 0. The van der Waals surface area contributed by atoms with Crippen LogP contribution in [-0.4, -0.2) is 12.9 Å². The SMILES string of the molecule is COc1cccc(C(=O)/C=C/c2ccc(COc3ccc(C#N)cc3)o2)c1. The Morgan fingerprint density at radius 3 is 2.67 bits per heavy atom. The lowest BCUT2D eigenvalue weighted by atomic mass is 10.1. The fourth-order valence-electron chi connectivity index (χ4n) is 2.37. The monoisotopic (exact) mass is 359 g/mol. The van der Waals surface area contributed by atoms with E-state index in [1.807, 2.05) is 0 Å². The molecule has 27 heavy (non-hydrogen) atoms. The average molecular weight is 359 g/mol. The standard InChI is InChI=1S/C22H17NO4/c1-25-20-4-2-3-17(13-20)22(24)12-11-19-9-10-21(27-19)15-26-18-7-5-16(14-23)6-8-18/h2-13H,15H2,1H3/b12-11+. The van der Waals surface area contributed by atoms with Gasteiger partial charge in [0.25, 0.3) is 0 Å². The van der Waals surface area contributed by atoms with E-state index in [1.54, 1.807) is 73.8 Å². The maximum Gasteiger partial charge on any atom is 0.186 e. The second kappa shape index (κ2) is 8.54. The van der Waals surface area contributed by atoms with E-state index in [0.717, 1.165) is 0 Å². The van der Waals surface area contributed by atoms with Gasteiger partial charge in [-0.2, -0.15) is 5.26 Å². The number of benzene rings is 2. The van der Waals surface area contributed by atoms with E-state index in [1.165, 1.54) is 6.08 Å². The van der Waals surface area contributed by atoms with Crippen LogP contribution in [-0.2, 0) is 6.61 Å². The molecule has 0 saturated carbocycles. The summed E-state index contributed by atoms with van der Waals surface area (Å²) >= 11 is 0. The molecule has 5 nitrogen and oxygen atoms in total. The van der Waals surface area contributed by atoms with Gasteiger partial charge in [-0.05, 0) is 60.7 Å². The molecule has 0 fully saturated rings. The number of nitrogens with zero attached hydrogens (tertiary/aromatic N) is 1. The fraction of sp³-hybridized carbons (Fsp3) is 0.0909. The highest BCUT2D eigenvalue weighted by Crippen LogP contribution is 2.17. The summed E-state index contributed by atoms with van der Waals surface area (Å²) in [7, 11) is 1.56. The van der Waals surface area contributed by atoms with Crippen molar-refractivity contribution in [2.45, 2.75) is 6.61 Å². The van der Waals surface area contributed by atoms with E-state index in [2.05, 4.69) is 6.07 Å². The summed E-state index contributed by atoms with van der Waals surface area (Å²) in [4.78, 5) is 12.2. The van der Waals surface area contributed by atoms with Crippen LogP contribution in [0.25, 0.3) is 6.08 Å². The minimum atomic E-state index is -0.138. The number of carbonyl (C=O) groups excluding carboxylic acids is 1. The fourth-order valence-corrected chi connectivity index (χ4v) is 2.37.